The Morgan fingerprint density at radius 2 is 2.00 bits per heavy atom. The van der Waals surface area contributed by atoms with E-state index in [0.29, 0.717) is 30.8 Å². The van der Waals surface area contributed by atoms with Crippen molar-refractivity contribution in [1.82, 2.24) is 19.9 Å². The van der Waals surface area contributed by atoms with Gasteiger partial charge in [0, 0.05) is 26.9 Å². The minimum Gasteiger partial charge on any atom is -0.335 e. The quantitative estimate of drug-likeness (QED) is 0.853. The number of hydrogen-bond donors (Lipinski definition) is 0. The molecule has 7 nitrogen and oxygen atoms in total. The predicted molar refractivity (Wildman–Crippen MR) is 85.5 cm³/mol. The zero-order valence-corrected chi connectivity index (χ0v) is 13.1. The summed E-state index contributed by atoms with van der Waals surface area (Å²) in [6, 6.07) is 7.59. The number of fused-ring (bicyclic) bond motifs is 1. The van der Waals surface area contributed by atoms with Gasteiger partial charge in [0.1, 0.15) is 5.71 Å². The van der Waals surface area contributed by atoms with Crippen molar-refractivity contribution in [2.24, 2.45) is 5.10 Å². The molecular formula is C16H17N5O2. The van der Waals surface area contributed by atoms with Crippen LogP contribution in [0.5, 0.6) is 0 Å². The Morgan fingerprint density at radius 3 is 2.74 bits per heavy atom. The number of aromatic nitrogens is 2. The van der Waals surface area contributed by atoms with Gasteiger partial charge in [-0.1, -0.05) is 12.1 Å². The molecule has 118 valence electrons. The summed E-state index contributed by atoms with van der Waals surface area (Å²) in [5, 5.41) is 5.27. The van der Waals surface area contributed by atoms with Gasteiger partial charge in [0.2, 0.25) is 5.91 Å². The van der Waals surface area contributed by atoms with Crippen LogP contribution < -0.4 is 0 Å². The average Bonchev–Trinajstić information content (AvgIpc) is 2.56. The first-order valence-electron chi connectivity index (χ1n) is 7.35. The lowest BCUT2D eigenvalue weighted by Crippen LogP contribution is -2.38. The summed E-state index contributed by atoms with van der Waals surface area (Å²) in [4.78, 5) is 34.2. The van der Waals surface area contributed by atoms with Crippen LogP contribution in [0.1, 0.15) is 18.5 Å². The summed E-state index contributed by atoms with van der Waals surface area (Å²) in [6.45, 7) is 0.341. The molecule has 0 N–H and O–H groups in total. The highest BCUT2D eigenvalue weighted by Gasteiger charge is 2.24. The van der Waals surface area contributed by atoms with Crippen LogP contribution in [0.15, 0.2) is 35.6 Å². The van der Waals surface area contributed by atoms with Crippen LogP contribution >= 0.6 is 0 Å². The van der Waals surface area contributed by atoms with Crippen molar-refractivity contribution in [2.45, 2.75) is 19.4 Å². The Balaban J connectivity index is 1.75. The Morgan fingerprint density at radius 1 is 1.26 bits per heavy atom. The van der Waals surface area contributed by atoms with Gasteiger partial charge >= 0.3 is 0 Å². The first-order chi connectivity index (χ1) is 11.0. The number of amides is 2. The smallest absolute Gasteiger partial charge is 0.270 e. The monoisotopic (exact) mass is 311 g/mol. The average molecular weight is 311 g/mol. The van der Waals surface area contributed by atoms with E-state index in [1.807, 2.05) is 24.3 Å². The Bertz CT molecular complexity index is 802. The molecule has 0 atom stereocenters. The maximum Gasteiger partial charge on any atom is 0.270 e. The number of carbonyl (C=O) groups excluding carboxylic acids is 2. The largest absolute Gasteiger partial charge is 0.335 e. The van der Waals surface area contributed by atoms with Crippen molar-refractivity contribution in [1.29, 1.82) is 0 Å². The molecular weight excluding hydrogens is 294 g/mol. The van der Waals surface area contributed by atoms with Crippen LogP contribution in [0.4, 0.5) is 0 Å². The third-order valence-corrected chi connectivity index (χ3v) is 3.70. The third-order valence-electron chi connectivity index (χ3n) is 3.70. The number of rotatable bonds is 3. The number of para-hydroxylation sites is 2. The van der Waals surface area contributed by atoms with E-state index in [9.17, 15) is 9.59 Å². The summed E-state index contributed by atoms with van der Waals surface area (Å²) in [5.41, 5.74) is 2.72. The van der Waals surface area contributed by atoms with E-state index in [1.165, 1.54) is 5.01 Å². The second-order valence-corrected chi connectivity index (χ2v) is 5.48. The molecule has 2 heterocycles. The van der Waals surface area contributed by atoms with Crippen LogP contribution in [0.3, 0.4) is 0 Å². The molecule has 0 fully saturated rings. The number of carbonyl (C=O) groups is 2. The summed E-state index contributed by atoms with van der Waals surface area (Å²) in [7, 11) is 3.25. The molecule has 2 amide bonds. The molecule has 0 bridgehead atoms. The highest BCUT2D eigenvalue weighted by molar-refractivity contribution is 6.39. The molecule has 1 aliphatic rings. The number of nitrogens with zero attached hydrogens (tertiary/aromatic N) is 5. The maximum absolute atomic E-state index is 12.4. The number of hydrazone groups is 1. The first kappa shape index (κ1) is 15.1. The predicted octanol–water partition coefficient (Wildman–Crippen LogP) is 1.20. The lowest BCUT2D eigenvalue weighted by atomic mass is 10.1. The van der Waals surface area contributed by atoms with Crippen LogP contribution in [0.25, 0.3) is 11.0 Å². The van der Waals surface area contributed by atoms with Crippen molar-refractivity contribution < 1.29 is 9.59 Å². The van der Waals surface area contributed by atoms with Gasteiger partial charge in [0.05, 0.1) is 29.5 Å². The van der Waals surface area contributed by atoms with Crippen molar-refractivity contribution >= 4 is 28.6 Å². The molecule has 7 heteroatoms. The standard InChI is InChI=1S/C16H17N5O2/c1-20(16(23)14-7-8-15(22)21(2)19-14)10-11-9-17-12-5-3-4-6-13(12)18-11/h3-6,9H,7-8,10H2,1-2H3. The van der Waals surface area contributed by atoms with E-state index >= 15 is 0 Å². The molecule has 0 saturated carbocycles. The normalized spacial score (nSPS) is 14.8. The van der Waals surface area contributed by atoms with Crippen LogP contribution in [-0.2, 0) is 16.1 Å². The van der Waals surface area contributed by atoms with E-state index in [-0.39, 0.29) is 11.8 Å². The number of benzene rings is 1. The summed E-state index contributed by atoms with van der Waals surface area (Å²) >= 11 is 0. The Kier molecular flexibility index (Phi) is 4.01. The fourth-order valence-electron chi connectivity index (χ4n) is 2.43. The van der Waals surface area contributed by atoms with Gasteiger partial charge in [0.15, 0.2) is 0 Å². The highest BCUT2D eigenvalue weighted by atomic mass is 16.2. The molecule has 0 saturated heterocycles. The van der Waals surface area contributed by atoms with Crippen LogP contribution in [0, 0.1) is 0 Å². The molecule has 1 aromatic carbocycles. The van der Waals surface area contributed by atoms with Crippen molar-refractivity contribution in [3.63, 3.8) is 0 Å². The van der Waals surface area contributed by atoms with Crippen LogP contribution in [-0.4, -0.2) is 51.5 Å². The topological polar surface area (TPSA) is 78.8 Å². The van der Waals surface area contributed by atoms with Gasteiger partial charge in [-0.3, -0.25) is 14.6 Å². The van der Waals surface area contributed by atoms with E-state index in [4.69, 9.17) is 0 Å². The van der Waals surface area contributed by atoms with E-state index in [0.717, 1.165) is 11.0 Å². The lowest BCUT2D eigenvalue weighted by molar-refractivity contribution is -0.130. The Hall–Kier alpha value is -2.83. The molecule has 1 aromatic heterocycles. The van der Waals surface area contributed by atoms with Crippen molar-refractivity contribution in [3.8, 4) is 0 Å². The minimum absolute atomic E-state index is 0.0791. The van der Waals surface area contributed by atoms with Crippen molar-refractivity contribution in [2.75, 3.05) is 14.1 Å². The molecule has 3 rings (SSSR count). The fourth-order valence-corrected chi connectivity index (χ4v) is 2.43. The van der Waals surface area contributed by atoms with Crippen molar-refractivity contribution in [3.05, 3.63) is 36.2 Å². The van der Waals surface area contributed by atoms with E-state index < -0.39 is 0 Å². The van der Waals surface area contributed by atoms with Gasteiger partial charge in [0.25, 0.3) is 5.91 Å². The molecule has 0 aliphatic carbocycles. The zero-order chi connectivity index (χ0) is 16.4. The maximum atomic E-state index is 12.4. The first-order valence-corrected chi connectivity index (χ1v) is 7.35. The van der Waals surface area contributed by atoms with Gasteiger partial charge < -0.3 is 4.90 Å². The van der Waals surface area contributed by atoms with Gasteiger partial charge in [-0.2, -0.15) is 5.10 Å². The molecule has 0 radical (unpaired) electrons. The minimum atomic E-state index is -0.195. The fraction of sp³-hybridized carbons (Fsp3) is 0.312. The zero-order valence-electron chi connectivity index (χ0n) is 13.1. The second-order valence-electron chi connectivity index (χ2n) is 5.48. The third kappa shape index (κ3) is 3.18. The van der Waals surface area contributed by atoms with Gasteiger partial charge in [-0.05, 0) is 12.1 Å². The summed E-state index contributed by atoms with van der Waals surface area (Å²) in [5.74, 6) is -0.274. The Labute approximate surface area is 133 Å². The second kappa shape index (κ2) is 6.12. The molecule has 0 spiro atoms. The van der Waals surface area contributed by atoms with Gasteiger partial charge in [-0.15, -0.1) is 0 Å². The summed E-state index contributed by atoms with van der Waals surface area (Å²) < 4.78 is 0. The molecule has 1 aliphatic heterocycles. The lowest BCUT2D eigenvalue weighted by Gasteiger charge is -2.22. The molecule has 0 unspecified atom stereocenters. The van der Waals surface area contributed by atoms with E-state index in [1.54, 1.807) is 25.2 Å². The molecule has 2 aromatic rings. The molecule has 23 heavy (non-hydrogen) atoms. The SMILES string of the molecule is CN(Cc1cnc2ccccc2n1)C(=O)C1=NN(C)C(=O)CC1. The summed E-state index contributed by atoms with van der Waals surface area (Å²) in [6.07, 6.45) is 2.35. The van der Waals surface area contributed by atoms with Gasteiger partial charge in [-0.25, -0.2) is 9.99 Å². The van der Waals surface area contributed by atoms with E-state index in [2.05, 4.69) is 15.1 Å². The van der Waals surface area contributed by atoms with Crippen LogP contribution in [0.2, 0.25) is 0 Å². The highest BCUT2D eigenvalue weighted by Crippen LogP contribution is 2.12. The number of hydrogen-bond acceptors (Lipinski definition) is 5.